The topological polar surface area (TPSA) is 41.1 Å². The zero-order valence-corrected chi connectivity index (χ0v) is 11.7. The van der Waals surface area contributed by atoms with Crippen molar-refractivity contribution in [3.8, 4) is 0 Å². The van der Waals surface area contributed by atoms with Gasteiger partial charge >= 0.3 is 12.1 Å². The van der Waals surface area contributed by atoms with Gasteiger partial charge < -0.3 is 10.6 Å². The van der Waals surface area contributed by atoms with E-state index in [1.165, 1.54) is 25.3 Å². The molecule has 21 heavy (non-hydrogen) atoms. The van der Waals surface area contributed by atoms with Gasteiger partial charge in [0, 0.05) is 12.2 Å². The molecule has 6 heteroatoms. The molecule has 0 atom stereocenters. The van der Waals surface area contributed by atoms with Gasteiger partial charge in [-0.3, -0.25) is 4.79 Å². The molecule has 1 aromatic rings. The lowest BCUT2D eigenvalue weighted by Crippen LogP contribution is -2.30. The number of alkyl halides is 3. The fourth-order valence-electron chi connectivity index (χ4n) is 2.28. The van der Waals surface area contributed by atoms with Crippen molar-refractivity contribution in [1.29, 1.82) is 0 Å². The summed E-state index contributed by atoms with van der Waals surface area (Å²) >= 11 is 0. The van der Waals surface area contributed by atoms with Gasteiger partial charge in [-0.1, -0.05) is 31.4 Å². The van der Waals surface area contributed by atoms with Gasteiger partial charge in [0.25, 0.3) is 0 Å². The lowest BCUT2D eigenvalue weighted by Gasteiger charge is -2.25. The van der Waals surface area contributed by atoms with E-state index >= 15 is 0 Å². The minimum atomic E-state index is -4.86. The molecule has 3 nitrogen and oxygen atoms in total. The Balaban J connectivity index is 1.78. The molecule has 0 radical (unpaired) electrons. The molecule has 0 bridgehead atoms. The van der Waals surface area contributed by atoms with Crippen molar-refractivity contribution >= 4 is 11.6 Å². The molecule has 0 spiro atoms. The lowest BCUT2D eigenvalue weighted by atomic mass is 9.83. The quantitative estimate of drug-likeness (QED) is 0.790. The molecule has 1 fully saturated rings. The van der Waals surface area contributed by atoms with Gasteiger partial charge in [0.15, 0.2) is 0 Å². The number of carbonyl (C=O) groups excluding carboxylic acids is 1. The Morgan fingerprint density at radius 3 is 2.67 bits per heavy atom. The van der Waals surface area contributed by atoms with Crippen LogP contribution < -0.4 is 10.6 Å². The van der Waals surface area contributed by atoms with E-state index in [1.54, 1.807) is 12.1 Å². The first kappa shape index (κ1) is 15.8. The third-order valence-electron chi connectivity index (χ3n) is 3.73. The molecule has 0 saturated heterocycles. The second kappa shape index (κ2) is 6.93. The van der Waals surface area contributed by atoms with Crippen molar-refractivity contribution in [3.05, 3.63) is 29.8 Å². The van der Waals surface area contributed by atoms with E-state index in [1.807, 2.05) is 11.4 Å². The standard InChI is InChI=1S/C15H19F3N2O/c16-15(17,18)14(21)20-13-6-2-5-12(9-13)10-19-8-7-11-3-1-4-11/h2,5-6,9,11,19H,1,3-4,7-8,10H2,(H,20,21). The molecular formula is C15H19F3N2O. The molecular weight excluding hydrogens is 281 g/mol. The molecule has 1 aliphatic carbocycles. The van der Waals surface area contributed by atoms with Crippen LogP contribution in [0.25, 0.3) is 0 Å². The van der Waals surface area contributed by atoms with Crippen LogP contribution in [0, 0.1) is 5.92 Å². The number of amides is 1. The van der Waals surface area contributed by atoms with E-state index < -0.39 is 12.1 Å². The van der Waals surface area contributed by atoms with Gasteiger partial charge in [-0.05, 0) is 36.6 Å². The summed E-state index contributed by atoms with van der Waals surface area (Å²) in [7, 11) is 0. The van der Waals surface area contributed by atoms with Crippen LogP contribution in [-0.4, -0.2) is 18.6 Å². The maximum absolute atomic E-state index is 12.2. The van der Waals surface area contributed by atoms with Crippen LogP contribution in [-0.2, 0) is 11.3 Å². The van der Waals surface area contributed by atoms with Gasteiger partial charge in [-0.25, -0.2) is 0 Å². The van der Waals surface area contributed by atoms with Crippen molar-refractivity contribution in [2.45, 2.75) is 38.4 Å². The molecule has 2 N–H and O–H groups in total. The number of rotatable bonds is 6. The molecule has 0 heterocycles. The van der Waals surface area contributed by atoms with Crippen LogP contribution in [0.1, 0.15) is 31.2 Å². The minimum Gasteiger partial charge on any atom is -0.318 e. The van der Waals surface area contributed by atoms with E-state index in [0.717, 1.165) is 24.4 Å². The first-order chi connectivity index (χ1) is 9.95. The SMILES string of the molecule is O=C(Nc1cccc(CNCCC2CCC2)c1)C(F)(F)F. The molecule has 0 unspecified atom stereocenters. The molecule has 1 saturated carbocycles. The van der Waals surface area contributed by atoms with Crippen molar-refractivity contribution in [2.75, 3.05) is 11.9 Å². The van der Waals surface area contributed by atoms with E-state index in [2.05, 4.69) is 5.32 Å². The van der Waals surface area contributed by atoms with Crippen LogP contribution in [0.5, 0.6) is 0 Å². The van der Waals surface area contributed by atoms with E-state index in [-0.39, 0.29) is 5.69 Å². The Morgan fingerprint density at radius 1 is 1.29 bits per heavy atom. The van der Waals surface area contributed by atoms with Crippen molar-refractivity contribution in [3.63, 3.8) is 0 Å². The van der Waals surface area contributed by atoms with Crippen LogP contribution in [0.15, 0.2) is 24.3 Å². The summed E-state index contributed by atoms with van der Waals surface area (Å²) in [6, 6.07) is 6.45. The van der Waals surface area contributed by atoms with Crippen molar-refractivity contribution in [1.82, 2.24) is 5.32 Å². The number of carbonyl (C=O) groups is 1. The Morgan fingerprint density at radius 2 is 2.05 bits per heavy atom. The summed E-state index contributed by atoms with van der Waals surface area (Å²) in [5.74, 6) is -1.12. The summed E-state index contributed by atoms with van der Waals surface area (Å²) in [6.07, 6.45) is 0.217. The number of benzene rings is 1. The summed E-state index contributed by atoms with van der Waals surface area (Å²) < 4.78 is 36.5. The normalized spacial score (nSPS) is 15.6. The molecule has 1 aromatic carbocycles. The largest absolute Gasteiger partial charge is 0.471 e. The van der Waals surface area contributed by atoms with Crippen LogP contribution in [0.4, 0.5) is 18.9 Å². The Hall–Kier alpha value is -1.56. The molecule has 1 amide bonds. The van der Waals surface area contributed by atoms with Gasteiger partial charge in [-0.15, -0.1) is 0 Å². The average molecular weight is 300 g/mol. The monoisotopic (exact) mass is 300 g/mol. The summed E-state index contributed by atoms with van der Waals surface area (Å²) in [6.45, 7) is 1.49. The molecule has 116 valence electrons. The first-order valence-electron chi connectivity index (χ1n) is 7.13. The number of halogens is 3. The van der Waals surface area contributed by atoms with Gasteiger partial charge in [-0.2, -0.15) is 13.2 Å². The molecule has 0 aromatic heterocycles. The number of hydrogen-bond acceptors (Lipinski definition) is 2. The predicted octanol–water partition coefficient (Wildman–Crippen LogP) is 3.47. The first-order valence-corrected chi connectivity index (χ1v) is 7.13. The zero-order chi connectivity index (χ0) is 15.3. The highest BCUT2D eigenvalue weighted by atomic mass is 19.4. The molecule has 1 aliphatic rings. The highest BCUT2D eigenvalue weighted by molar-refractivity contribution is 5.94. The van der Waals surface area contributed by atoms with Crippen LogP contribution in [0.2, 0.25) is 0 Å². The van der Waals surface area contributed by atoms with Crippen LogP contribution in [0.3, 0.4) is 0 Å². The average Bonchev–Trinajstić information content (AvgIpc) is 2.35. The third-order valence-corrected chi connectivity index (χ3v) is 3.73. The number of anilines is 1. The van der Waals surface area contributed by atoms with Crippen molar-refractivity contribution in [2.24, 2.45) is 5.92 Å². The van der Waals surface area contributed by atoms with Crippen LogP contribution >= 0.6 is 0 Å². The third kappa shape index (κ3) is 5.04. The lowest BCUT2D eigenvalue weighted by molar-refractivity contribution is -0.167. The second-order valence-electron chi connectivity index (χ2n) is 5.41. The Kier molecular flexibility index (Phi) is 5.22. The highest BCUT2D eigenvalue weighted by Gasteiger charge is 2.38. The van der Waals surface area contributed by atoms with E-state index in [9.17, 15) is 18.0 Å². The Bertz CT molecular complexity index is 484. The van der Waals surface area contributed by atoms with Gasteiger partial charge in [0.05, 0.1) is 0 Å². The Labute approximate surface area is 121 Å². The predicted molar refractivity (Wildman–Crippen MR) is 74.8 cm³/mol. The molecule has 2 rings (SSSR count). The highest BCUT2D eigenvalue weighted by Crippen LogP contribution is 2.28. The van der Waals surface area contributed by atoms with E-state index in [4.69, 9.17) is 0 Å². The van der Waals surface area contributed by atoms with Crippen molar-refractivity contribution < 1.29 is 18.0 Å². The van der Waals surface area contributed by atoms with E-state index in [0.29, 0.717) is 6.54 Å². The fourth-order valence-corrected chi connectivity index (χ4v) is 2.28. The van der Waals surface area contributed by atoms with Gasteiger partial charge in [0.2, 0.25) is 0 Å². The maximum Gasteiger partial charge on any atom is 0.471 e. The van der Waals surface area contributed by atoms with Gasteiger partial charge in [0.1, 0.15) is 0 Å². The number of nitrogens with one attached hydrogen (secondary N) is 2. The summed E-state index contributed by atoms with van der Waals surface area (Å²) in [5, 5.41) is 5.13. The maximum atomic E-state index is 12.2. The minimum absolute atomic E-state index is 0.163. The second-order valence-corrected chi connectivity index (χ2v) is 5.41. The summed E-state index contributed by atoms with van der Waals surface area (Å²) in [5.41, 5.74) is 1.01. The summed E-state index contributed by atoms with van der Waals surface area (Å²) in [4.78, 5) is 10.9. The smallest absolute Gasteiger partial charge is 0.318 e. The fraction of sp³-hybridized carbons (Fsp3) is 0.533. The number of hydrogen-bond donors (Lipinski definition) is 2. The zero-order valence-electron chi connectivity index (χ0n) is 11.7. The molecule has 0 aliphatic heterocycles.